The monoisotopic (exact) mass is 246 g/mol. The van der Waals surface area contributed by atoms with Crippen LogP contribution in [-0.4, -0.2) is 36.4 Å². The first-order valence-corrected chi connectivity index (χ1v) is 4.75. The molecule has 3 N–H and O–H groups in total. The van der Waals surface area contributed by atoms with E-state index in [4.69, 9.17) is 31.9 Å². The van der Waals surface area contributed by atoms with Crippen LogP contribution < -0.4 is 10.5 Å². The maximum Gasteiger partial charge on any atom is 0.341 e. The number of hydrogen-bond acceptors (Lipinski definition) is 5. The summed E-state index contributed by atoms with van der Waals surface area (Å²) in [5.41, 5.74) is 5.32. The number of carboxylic acids is 1. The molecule has 0 atom stereocenters. The number of rotatable bonds is 5. The Labute approximate surface area is 96.9 Å². The number of aromatic nitrogens is 1. The first kappa shape index (κ1) is 12.5. The van der Waals surface area contributed by atoms with Crippen molar-refractivity contribution in [2.45, 2.75) is 0 Å². The van der Waals surface area contributed by atoms with Gasteiger partial charge >= 0.3 is 5.97 Å². The topological polar surface area (TPSA) is 94.7 Å². The lowest BCUT2D eigenvalue weighted by atomic mass is 10.2. The predicted octanol–water partition coefficient (Wildman–Crippen LogP) is 1.04. The molecule has 1 aromatic heterocycles. The molecule has 0 aromatic carbocycles. The van der Waals surface area contributed by atoms with Crippen molar-refractivity contribution >= 4 is 23.4 Å². The summed E-state index contributed by atoms with van der Waals surface area (Å²) in [7, 11) is 1.51. The smallest absolute Gasteiger partial charge is 0.341 e. The van der Waals surface area contributed by atoms with E-state index in [1.165, 1.54) is 13.2 Å². The highest BCUT2D eigenvalue weighted by molar-refractivity contribution is 6.33. The van der Waals surface area contributed by atoms with Gasteiger partial charge < -0.3 is 20.3 Å². The average molecular weight is 247 g/mol. The molecular formula is C9H11ClN2O4. The molecule has 6 nitrogen and oxygen atoms in total. The molecule has 88 valence electrons. The Kier molecular flexibility index (Phi) is 4.33. The van der Waals surface area contributed by atoms with Gasteiger partial charge in [0.2, 0.25) is 5.88 Å². The number of aromatic carboxylic acids is 1. The number of methoxy groups -OCH3 is 1. The van der Waals surface area contributed by atoms with Crippen molar-refractivity contribution in [2.24, 2.45) is 0 Å². The van der Waals surface area contributed by atoms with E-state index in [0.29, 0.717) is 6.61 Å². The third-order valence-corrected chi connectivity index (χ3v) is 2.03. The molecule has 0 saturated carbocycles. The molecule has 16 heavy (non-hydrogen) atoms. The zero-order valence-electron chi connectivity index (χ0n) is 8.57. The minimum absolute atomic E-state index is 0.0269. The Morgan fingerprint density at radius 3 is 2.88 bits per heavy atom. The lowest BCUT2D eigenvalue weighted by Crippen LogP contribution is -2.11. The standard InChI is InChI=1S/C9H11ClN2O4/c1-15-2-3-16-8-5(9(13)14)4-6(10)7(11)12-8/h4H,2-3H2,1H3,(H2,11,12)(H,13,14). The molecule has 0 fully saturated rings. The van der Waals surface area contributed by atoms with Crippen molar-refractivity contribution in [3.05, 3.63) is 16.7 Å². The van der Waals surface area contributed by atoms with E-state index in [9.17, 15) is 4.79 Å². The SMILES string of the molecule is COCCOc1nc(N)c(Cl)cc1C(=O)O. The van der Waals surface area contributed by atoms with Crippen molar-refractivity contribution in [1.29, 1.82) is 0 Å². The molecule has 0 unspecified atom stereocenters. The first-order valence-electron chi connectivity index (χ1n) is 4.37. The minimum atomic E-state index is -1.18. The van der Waals surface area contributed by atoms with Crippen LogP contribution >= 0.6 is 11.6 Å². The van der Waals surface area contributed by atoms with Crippen LogP contribution in [-0.2, 0) is 4.74 Å². The number of carbonyl (C=O) groups is 1. The average Bonchev–Trinajstić information content (AvgIpc) is 2.23. The molecule has 7 heteroatoms. The maximum absolute atomic E-state index is 10.9. The highest BCUT2D eigenvalue weighted by atomic mass is 35.5. The molecule has 1 aromatic rings. The number of halogens is 1. The van der Waals surface area contributed by atoms with Gasteiger partial charge in [0, 0.05) is 7.11 Å². The second-order valence-electron chi connectivity index (χ2n) is 2.85. The Morgan fingerprint density at radius 2 is 2.31 bits per heavy atom. The fourth-order valence-electron chi connectivity index (χ4n) is 0.970. The molecule has 0 saturated heterocycles. The van der Waals surface area contributed by atoms with Crippen LogP contribution in [0, 0.1) is 0 Å². The summed E-state index contributed by atoms with van der Waals surface area (Å²) in [6.45, 7) is 0.508. The van der Waals surface area contributed by atoms with Crippen molar-refractivity contribution in [2.75, 3.05) is 26.1 Å². The molecular weight excluding hydrogens is 236 g/mol. The van der Waals surface area contributed by atoms with Crippen LogP contribution in [0.25, 0.3) is 0 Å². The number of pyridine rings is 1. The summed E-state index contributed by atoms with van der Waals surface area (Å²) in [5.74, 6) is -1.22. The molecule has 0 aliphatic heterocycles. The quantitative estimate of drug-likeness (QED) is 0.754. The molecule has 0 aliphatic carbocycles. The van der Waals surface area contributed by atoms with Crippen molar-refractivity contribution < 1.29 is 19.4 Å². The van der Waals surface area contributed by atoms with E-state index in [1.807, 2.05) is 0 Å². The molecule has 0 spiro atoms. The summed E-state index contributed by atoms with van der Waals surface area (Å²) >= 11 is 5.66. The fourth-order valence-corrected chi connectivity index (χ4v) is 1.12. The Bertz CT molecular complexity index is 397. The first-order chi connectivity index (χ1) is 7.56. The number of nitrogen functional groups attached to an aromatic ring is 1. The predicted molar refractivity (Wildman–Crippen MR) is 58.0 cm³/mol. The van der Waals surface area contributed by atoms with Crippen LogP contribution in [0.15, 0.2) is 6.07 Å². The zero-order chi connectivity index (χ0) is 12.1. The molecule has 0 aliphatic rings. The Morgan fingerprint density at radius 1 is 1.62 bits per heavy atom. The summed E-state index contributed by atoms with van der Waals surface area (Å²) in [6, 6.07) is 1.20. The van der Waals surface area contributed by atoms with E-state index in [0.717, 1.165) is 0 Å². The lowest BCUT2D eigenvalue weighted by Gasteiger charge is -2.09. The van der Waals surface area contributed by atoms with Gasteiger partial charge in [-0.25, -0.2) is 4.79 Å². The van der Waals surface area contributed by atoms with Crippen LogP contribution in [0.4, 0.5) is 5.82 Å². The molecule has 1 rings (SSSR count). The van der Waals surface area contributed by atoms with E-state index in [1.54, 1.807) is 0 Å². The van der Waals surface area contributed by atoms with Gasteiger partial charge in [0.15, 0.2) is 0 Å². The number of anilines is 1. The highest BCUT2D eigenvalue weighted by Gasteiger charge is 2.16. The van der Waals surface area contributed by atoms with Gasteiger partial charge in [0.25, 0.3) is 0 Å². The normalized spacial score (nSPS) is 10.1. The summed E-state index contributed by atoms with van der Waals surface area (Å²) in [6.07, 6.45) is 0. The molecule has 0 radical (unpaired) electrons. The van der Waals surface area contributed by atoms with Gasteiger partial charge in [-0.3, -0.25) is 0 Å². The number of nitrogens with zero attached hydrogens (tertiary/aromatic N) is 1. The van der Waals surface area contributed by atoms with Crippen molar-refractivity contribution in [3.63, 3.8) is 0 Å². The molecule has 0 bridgehead atoms. The van der Waals surface area contributed by atoms with E-state index in [-0.39, 0.29) is 28.9 Å². The van der Waals surface area contributed by atoms with Gasteiger partial charge in [-0.2, -0.15) is 4.98 Å². The number of nitrogens with two attached hydrogens (primary N) is 1. The highest BCUT2D eigenvalue weighted by Crippen LogP contribution is 2.25. The van der Waals surface area contributed by atoms with Gasteiger partial charge in [-0.15, -0.1) is 0 Å². The maximum atomic E-state index is 10.9. The largest absolute Gasteiger partial charge is 0.477 e. The van der Waals surface area contributed by atoms with E-state index in [2.05, 4.69) is 4.98 Å². The van der Waals surface area contributed by atoms with Gasteiger partial charge in [0.1, 0.15) is 18.0 Å². The lowest BCUT2D eigenvalue weighted by molar-refractivity contribution is 0.0688. The van der Waals surface area contributed by atoms with Gasteiger partial charge in [-0.1, -0.05) is 11.6 Å². The number of ether oxygens (including phenoxy) is 2. The van der Waals surface area contributed by atoms with Crippen LogP contribution in [0.1, 0.15) is 10.4 Å². The zero-order valence-corrected chi connectivity index (χ0v) is 9.32. The summed E-state index contributed by atoms with van der Waals surface area (Å²) < 4.78 is 9.88. The van der Waals surface area contributed by atoms with Crippen LogP contribution in [0.5, 0.6) is 5.88 Å². The minimum Gasteiger partial charge on any atom is -0.477 e. The van der Waals surface area contributed by atoms with E-state index >= 15 is 0 Å². The molecule has 1 heterocycles. The number of hydrogen-bond donors (Lipinski definition) is 2. The summed E-state index contributed by atoms with van der Waals surface area (Å²) in [5, 5.41) is 8.97. The van der Waals surface area contributed by atoms with Crippen LogP contribution in [0.3, 0.4) is 0 Å². The fraction of sp³-hybridized carbons (Fsp3) is 0.333. The Balaban J connectivity index is 2.95. The third kappa shape index (κ3) is 2.98. The second kappa shape index (κ2) is 5.53. The van der Waals surface area contributed by atoms with Crippen LogP contribution in [0.2, 0.25) is 5.02 Å². The van der Waals surface area contributed by atoms with E-state index < -0.39 is 5.97 Å². The Hall–Kier alpha value is -1.53. The van der Waals surface area contributed by atoms with Crippen molar-refractivity contribution in [1.82, 2.24) is 4.98 Å². The van der Waals surface area contributed by atoms with Crippen molar-refractivity contribution in [3.8, 4) is 5.88 Å². The molecule has 0 amide bonds. The summed E-state index contributed by atoms with van der Waals surface area (Å²) in [4.78, 5) is 14.6. The van der Waals surface area contributed by atoms with Gasteiger partial charge in [0.05, 0.1) is 11.6 Å². The van der Waals surface area contributed by atoms with Gasteiger partial charge in [-0.05, 0) is 6.07 Å². The third-order valence-electron chi connectivity index (χ3n) is 1.72. The second-order valence-corrected chi connectivity index (χ2v) is 3.26. The number of carboxylic acid groups (broad SMARTS) is 1.